The first-order valence-corrected chi connectivity index (χ1v) is 6.92. The zero-order valence-corrected chi connectivity index (χ0v) is 12.4. The van der Waals surface area contributed by atoms with E-state index in [1.807, 2.05) is 25.1 Å². The molecule has 0 aliphatic carbocycles. The number of hydrogen-bond donors (Lipinski definition) is 1. The zero-order valence-electron chi connectivity index (χ0n) is 10.8. The first-order valence-electron chi connectivity index (χ1n) is 6.54. The Morgan fingerprint density at radius 3 is 2.61 bits per heavy atom. The highest BCUT2D eigenvalue weighted by Crippen LogP contribution is 2.22. The molecule has 1 N–H and O–H groups in total. The van der Waals surface area contributed by atoms with Crippen LogP contribution in [0.3, 0.4) is 0 Å². The van der Waals surface area contributed by atoms with E-state index in [1.165, 1.54) is 37.9 Å². The summed E-state index contributed by atoms with van der Waals surface area (Å²) in [5.74, 6) is 0.995. The summed E-state index contributed by atoms with van der Waals surface area (Å²) in [6.07, 6.45) is 4.08. The summed E-state index contributed by atoms with van der Waals surface area (Å²) in [5, 5.41) is 0.805. The molecule has 102 valence electrons. The number of piperidine rings is 1. The van der Waals surface area contributed by atoms with Gasteiger partial charge < -0.3 is 22.0 Å². The third-order valence-electron chi connectivity index (χ3n) is 3.32. The standard InChI is InChI=1S/C14H20ClNO.ClH/c1-2-17-14-7-6-13(15)10-12(14)11-16-8-4-3-5-9-16;/h6-7,10H,2-5,8-9,11H2,1H3;1H. The third-order valence-corrected chi connectivity index (χ3v) is 3.56. The monoisotopic (exact) mass is 289 g/mol. The number of nitrogens with one attached hydrogen (secondary N) is 1. The van der Waals surface area contributed by atoms with Crippen LogP contribution in [0.1, 0.15) is 31.7 Å². The van der Waals surface area contributed by atoms with E-state index in [0.717, 1.165) is 17.3 Å². The molecule has 0 radical (unpaired) electrons. The molecular weight excluding hydrogens is 269 g/mol. The van der Waals surface area contributed by atoms with Gasteiger partial charge in [0.25, 0.3) is 0 Å². The molecule has 1 heterocycles. The van der Waals surface area contributed by atoms with Crippen molar-refractivity contribution in [3.63, 3.8) is 0 Å². The van der Waals surface area contributed by atoms with Crippen LogP contribution >= 0.6 is 11.6 Å². The van der Waals surface area contributed by atoms with Crippen molar-refractivity contribution in [2.45, 2.75) is 32.7 Å². The van der Waals surface area contributed by atoms with E-state index >= 15 is 0 Å². The van der Waals surface area contributed by atoms with E-state index in [9.17, 15) is 0 Å². The van der Waals surface area contributed by atoms with Crippen molar-refractivity contribution in [3.05, 3.63) is 28.8 Å². The Labute approximate surface area is 121 Å². The largest absolute Gasteiger partial charge is 1.00 e. The fourth-order valence-corrected chi connectivity index (χ4v) is 2.68. The second-order valence-corrected chi connectivity index (χ2v) is 5.11. The summed E-state index contributed by atoms with van der Waals surface area (Å²) in [6, 6.07) is 5.94. The molecular formula is C14H21Cl2NO. The van der Waals surface area contributed by atoms with Crippen LogP contribution in [0, 0.1) is 0 Å². The molecule has 0 bridgehead atoms. The molecule has 0 spiro atoms. The summed E-state index contributed by atoms with van der Waals surface area (Å²) in [6.45, 7) is 6.32. The van der Waals surface area contributed by atoms with Gasteiger partial charge in [-0.2, -0.15) is 0 Å². The molecule has 0 saturated carbocycles. The SMILES string of the molecule is CCOc1ccc(Cl)cc1C[NH+]1CCCCC1.[Cl-]. The topological polar surface area (TPSA) is 13.7 Å². The highest BCUT2D eigenvalue weighted by molar-refractivity contribution is 6.30. The lowest BCUT2D eigenvalue weighted by molar-refractivity contribution is -0.918. The van der Waals surface area contributed by atoms with Crippen LogP contribution in [0.5, 0.6) is 5.75 Å². The van der Waals surface area contributed by atoms with Crippen molar-refractivity contribution in [1.82, 2.24) is 0 Å². The van der Waals surface area contributed by atoms with Gasteiger partial charge in [0, 0.05) is 10.6 Å². The van der Waals surface area contributed by atoms with E-state index in [0.29, 0.717) is 6.61 Å². The summed E-state index contributed by atoms with van der Waals surface area (Å²) in [5.41, 5.74) is 1.25. The lowest BCUT2D eigenvalue weighted by Crippen LogP contribution is -3.11. The highest BCUT2D eigenvalue weighted by Gasteiger charge is 2.16. The molecule has 1 aromatic carbocycles. The summed E-state index contributed by atoms with van der Waals surface area (Å²) >= 11 is 6.07. The van der Waals surface area contributed by atoms with Crippen molar-refractivity contribution in [2.24, 2.45) is 0 Å². The number of rotatable bonds is 4. The molecule has 1 aliphatic rings. The predicted octanol–water partition coefficient (Wildman–Crippen LogP) is -0.688. The van der Waals surface area contributed by atoms with Gasteiger partial charge in [-0.25, -0.2) is 0 Å². The Hall–Kier alpha value is -0.440. The van der Waals surface area contributed by atoms with E-state index in [1.54, 1.807) is 4.90 Å². The van der Waals surface area contributed by atoms with Crippen LogP contribution in [0.2, 0.25) is 5.02 Å². The smallest absolute Gasteiger partial charge is 0.128 e. The third kappa shape index (κ3) is 4.34. The summed E-state index contributed by atoms with van der Waals surface area (Å²) < 4.78 is 5.66. The maximum absolute atomic E-state index is 6.07. The number of benzene rings is 1. The highest BCUT2D eigenvalue weighted by atomic mass is 35.5. The minimum atomic E-state index is 0. The van der Waals surface area contributed by atoms with E-state index in [4.69, 9.17) is 16.3 Å². The van der Waals surface area contributed by atoms with Crippen LogP contribution in [-0.4, -0.2) is 19.7 Å². The van der Waals surface area contributed by atoms with Crippen LogP contribution in [0.25, 0.3) is 0 Å². The van der Waals surface area contributed by atoms with Crippen molar-refractivity contribution in [2.75, 3.05) is 19.7 Å². The van der Waals surface area contributed by atoms with Gasteiger partial charge in [0.2, 0.25) is 0 Å². The molecule has 1 saturated heterocycles. The van der Waals surface area contributed by atoms with Gasteiger partial charge in [-0.05, 0) is 44.4 Å². The van der Waals surface area contributed by atoms with Gasteiger partial charge in [0.05, 0.1) is 19.7 Å². The number of halogens is 2. The molecule has 0 amide bonds. The van der Waals surface area contributed by atoms with Gasteiger partial charge in [-0.1, -0.05) is 11.6 Å². The molecule has 0 unspecified atom stereocenters. The maximum Gasteiger partial charge on any atom is 0.128 e. The normalized spacial score (nSPS) is 16.1. The molecule has 2 rings (SSSR count). The van der Waals surface area contributed by atoms with Gasteiger partial charge in [-0.15, -0.1) is 0 Å². The molecule has 1 aromatic rings. The van der Waals surface area contributed by atoms with Gasteiger partial charge in [0.1, 0.15) is 12.3 Å². The molecule has 4 heteroatoms. The number of likely N-dealkylation sites (tertiary alicyclic amines) is 1. The molecule has 0 aromatic heterocycles. The van der Waals surface area contributed by atoms with E-state index in [-0.39, 0.29) is 12.4 Å². The lowest BCUT2D eigenvalue weighted by atomic mass is 10.1. The molecule has 1 aliphatic heterocycles. The number of quaternary nitrogens is 1. The number of ether oxygens (including phenoxy) is 1. The molecule has 1 fully saturated rings. The summed E-state index contributed by atoms with van der Waals surface area (Å²) in [7, 11) is 0. The minimum absolute atomic E-state index is 0. The minimum Gasteiger partial charge on any atom is -1.00 e. The quantitative estimate of drug-likeness (QED) is 0.775. The van der Waals surface area contributed by atoms with Gasteiger partial charge >= 0.3 is 0 Å². The maximum atomic E-state index is 6.07. The lowest BCUT2D eigenvalue weighted by Gasteiger charge is -2.24. The first kappa shape index (κ1) is 15.6. The van der Waals surface area contributed by atoms with Gasteiger partial charge in [0.15, 0.2) is 0 Å². The van der Waals surface area contributed by atoms with Crippen LogP contribution in [0.4, 0.5) is 0 Å². The van der Waals surface area contributed by atoms with Gasteiger partial charge in [-0.3, -0.25) is 0 Å². The zero-order chi connectivity index (χ0) is 12.1. The fraction of sp³-hybridized carbons (Fsp3) is 0.571. The Balaban J connectivity index is 0.00000162. The van der Waals surface area contributed by atoms with Crippen LogP contribution < -0.4 is 22.0 Å². The Morgan fingerprint density at radius 1 is 1.22 bits per heavy atom. The first-order chi connectivity index (χ1) is 8.29. The fourth-order valence-electron chi connectivity index (χ4n) is 2.48. The predicted molar refractivity (Wildman–Crippen MR) is 70.9 cm³/mol. The van der Waals surface area contributed by atoms with Crippen molar-refractivity contribution >= 4 is 11.6 Å². The second-order valence-electron chi connectivity index (χ2n) is 4.67. The van der Waals surface area contributed by atoms with Crippen molar-refractivity contribution in [3.8, 4) is 5.75 Å². The van der Waals surface area contributed by atoms with Crippen molar-refractivity contribution in [1.29, 1.82) is 0 Å². The average Bonchev–Trinajstić information content (AvgIpc) is 2.34. The Kier molecular flexibility index (Phi) is 6.83. The Bertz CT molecular complexity index is 365. The second kappa shape index (κ2) is 7.88. The van der Waals surface area contributed by atoms with Crippen LogP contribution in [-0.2, 0) is 6.54 Å². The van der Waals surface area contributed by atoms with Crippen molar-refractivity contribution < 1.29 is 22.0 Å². The number of hydrogen-bond acceptors (Lipinski definition) is 1. The van der Waals surface area contributed by atoms with E-state index in [2.05, 4.69) is 0 Å². The molecule has 0 atom stereocenters. The molecule has 18 heavy (non-hydrogen) atoms. The Morgan fingerprint density at radius 2 is 1.94 bits per heavy atom. The van der Waals surface area contributed by atoms with E-state index < -0.39 is 0 Å². The van der Waals surface area contributed by atoms with Crippen LogP contribution in [0.15, 0.2) is 18.2 Å². The molecule has 2 nitrogen and oxygen atoms in total. The average molecular weight is 290 g/mol. The summed E-state index contributed by atoms with van der Waals surface area (Å²) in [4.78, 5) is 1.65.